The Morgan fingerprint density at radius 2 is 1.84 bits per heavy atom. The third-order valence-electron chi connectivity index (χ3n) is 2.63. The summed E-state index contributed by atoms with van der Waals surface area (Å²) in [5, 5.41) is 8.89. The van der Waals surface area contributed by atoms with E-state index in [9.17, 15) is 9.59 Å². The molecule has 3 nitrogen and oxygen atoms in total. The molecular formula is C15H12O3S. The maximum Gasteiger partial charge on any atom is 0.335 e. The standard InChI is InChI=1S/C15H12O3S/c1-10-2-5-13(6-3-10)19-14-7-4-11(15(17)18)8-12(14)9-16/h2-9H,1H3,(H,17,18). The molecule has 0 unspecified atom stereocenters. The number of aldehydes is 1. The van der Waals surface area contributed by atoms with E-state index < -0.39 is 5.97 Å². The molecule has 0 bridgehead atoms. The zero-order valence-electron chi connectivity index (χ0n) is 10.3. The molecule has 2 rings (SSSR count). The predicted molar refractivity (Wildman–Crippen MR) is 74.1 cm³/mol. The van der Waals surface area contributed by atoms with Crippen molar-refractivity contribution in [1.29, 1.82) is 0 Å². The van der Waals surface area contributed by atoms with Gasteiger partial charge in [-0.15, -0.1) is 0 Å². The van der Waals surface area contributed by atoms with Gasteiger partial charge >= 0.3 is 5.97 Å². The van der Waals surface area contributed by atoms with E-state index in [0.29, 0.717) is 11.8 Å². The van der Waals surface area contributed by atoms with Gasteiger partial charge in [0.2, 0.25) is 0 Å². The summed E-state index contributed by atoms with van der Waals surface area (Å²) in [5.74, 6) is -1.03. The molecule has 0 saturated carbocycles. The van der Waals surface area contributed by atoms with Crippen LogP contribution in [-0.4, -0.2) is 17.4 Å². The molecule has 0 spiro atoms. The van der Waals surface area contributed by atoms with Crippen molar-refractivity contribution >= 4 is 24.0 Å². The molecule has 0 aliphatic rings. The average Bonchev–Trinajstić information content (AvgIpc) is 2.41. The minimum Gasteiger partial charge on any atom is -0.478 e. The van der Waals surface area contributed by atoms with Crippen LogP contribution in [-0.2, 0) is 0 Å². The first-order chi connectivity index (χ1) is 9.10. The highest BCUT2D eigenvalue weighted by Gasteiger charge is 2.09. The molecular weight excluding hydrogens is 260 g/mol. The Bertz CT molecular complexity index is 618. The third kappa shape index (κ3) is 3.23. The first-order valence-electron chi connectivity index (χ1n) is 5.67. The Morgan fingerprint density at radius 3 is 2.42 bits per heavy atom. The highest BCUT2D eigenvalue weighted by atomic mass is 32.2. The first kappa shape index (κ1) is 13.4. The van der Waals surface area contributed by atoms with Crippen molar-refractivity contribution in [1.82, 2.24) is 0 Å². The molecule has 0 amide bonds. The fourth-order valence-corrected chi connectivity index (χ4v) is 2.49. The van der Waals surface area contributed by atoms with E-state index in [0.717, 1.165) is 9.79 Å². The second-order valence-corrected chi connectivity index (χ2v) is 5.21. The Hall–Kier alpha value is -2.07. The van der Waals surface area contributed by atoms with E-state index in [1.54, 1.807) is 6.07 Å². The van der Waals surface area contributed by atoms with Crippen LogP contribution in [0.2, 0.25) is 0 Å². The molecule has 96 valence electrons. The van der Waals surface area contributed by atoms with Gasteiger partial charge in [-0.3, -0.25) is 4.79 Å². The van der Waals surface area contributed by atoms with E-state index in [4.69, 9.17) is 5.11 Å². The summed E-state index contributed by atoms with van der Waals surface area (Å²) < 4.78 is 0. The fraction of sp³-hybridized carbons (Fsp3) is 0.0667. The Morgan fingerprint density at radius 1 is 1.16 bits per heavy atom. The van der Waals surface area contributed by atoms with Gasteiger partial charge in [0.1, 0.15) is 0 Å². The lowest BCUT2D eigenvalue weighted by molar-refractivity contribution is 0.0697. The number of carboxylic acid groups (broad SMARTS) is 1. The molecule has 0 aliphatic carbocycles. The number of hydrogen-bond acceptors (Lipinski definition) is 3. The van der Waals surface area contributed by atoms with Crippen molar-refractivity contribution in [2.24, 2.45) is 0 Å². The zero-order valence-corrected chi connectivity index (χ0v) is 11.1. The average molecular weight is 272 g/mol. The number of hydrogen-bond donors (Lipinski definition) is 1. The van der Waals surface area contributed by atoms with Crippen LogP contribution in [0.4, 0.5) is 0 Å². The van der Waals surface area contributed by atoms with Gasteiger partial charge in [-0.05, 0) is 37.3 Å². The topological polar surface area (TPSA) is 54.4 Å². The van der Waals surface area contributed by atoms with E-state index >= 15 is 0 Å². The number of carbonyl (C=O) groups excluding carboxylic acids is 1. The van der Waals surface area contributed by atoms with Crippen molar-refractivity contribution < 1.29 is 14.7 Å². The summed E-state index contributed by atoms with van der Waals surface area (Å²) >= 11 is 1.44. The number of carbonyl (C=O) groups is 2. The minimum atomic E-state index is -1.03. The number of aryl methyl sites for hydroxylation is 1. The normalized spacial score (nSPS) is 10.2. The summed E-state index contributed by atoms with van der Waals surface area (Å²) in [4.78, 5) is 23.7. The van der Waals surface area contributed by atoms with E-state index in [-0.39, 0.29) is 5.56 Å². The largest absolute Gasteiger partial charge is 0.478 e. The van der Waals surface area contributed by atoms with Gasteiger partial charge in [-0.25, -0.2) is 4.79 Å². The van der Waals surface area contributed by atoms with Gasteiger partial charge in [-0.1, -0.05) is 29.5 Å². The van der Waals surface area contributed by atoms with Crippen LogP contribution >= 0.6 is 11.8 Å². The molecule has 0 saturated heterocycles. The van der Waals surface area contributed by atoms with Gasteiger partial charge in [0.25, 0.3) is 0 Å². The molecule has 0 heterocycles. The second-order valence-electron chi connectivity index (χ2n) is 4.09. The van der Waals surface area contributed by atoms with Gasteiger partial charge in [-0.2, -0.15) is 0 Å². The van der Waals surface area contributed by atoms with Crippen molar-refractivity contribution in [2.75, 3.05) is 0 Å². The van der Waals surface area contributed by atoms with Gasteiger partial charge in [0.05, 0.1) is 5.56 Å². The Kier molecular flexibility index (Phi) is 4.02. The number of carboxylic acids is 1. The third-order valence-corrected chi connectivity index (χ3v) is 3.73. The van der Waals surface area contributed by atoms with Crippen LogP contribution in [0.1, 0.15) is 26.3 Å². The molecule has 0 atom stereocenters. The van der Waals surface area contributed by atoms with Crippen LogP contribution in [0.3, 0.4) is 0 Å². The number of rotatable bonds is 4. The fourth-order valence-electron chi connectivity index (χ4n) is 1.60. The van der Waals surface area contributed by atoms with Crippen LogP contribution in [0.25, 0.3) is 0 Å². The highest BCUT2D eigenvalue weighted by Crippen LogP contribution is 2.30. The number of aromatic carboxylic acids is 1. The van der Waals surface area contributed by atoms with E-state index in [1.807, 2.05) is 31.2 Å². The van der Waals surface area contributed by atoms with Crippen LogP contribution < -0.4 is 0 Å². The molecule has 2 aromatic rings. The quantitative estimate of drug-likeness (QED) is 0.863. The molecule has 4 heteroatoms. The molecule has 2 aromatic carbocycles. The summed E-state index contributed by atoms with van der Waals surface area (Å²) in [6.45, 7) is 2.01. The SMILES string of the molecule is Cc1ccc(Sc2ccc(C(=O)O)cc2C=O)cc1. The van der Waals surface area contributed by atoms with Crippen LogP contribution in [0.5, 0.6) is 0 Å². The summed E-state index contributed by atoms with van der Waals surface area (Å²) in [6, 6.07) is 12.5. The molecule has 0 fully saturated rings. The molecule has 0 aliphatic heterocycles. The predicted octanol–water partition coefficient (Wildman–Crippen LogP) is 3.66. The Labute approximate surface area is 115 Å². The minimum absolute atomic E-state index is 0.121. The first-order valence-corrected chi connectivity index (χ1v) is 6.49. The highest BCUT2D eigenvalue weighted by molar-refractivity contribution is 7.99. The van der Waals surface area contributed by atoms with Crippen molar-refractivity contribution in [2.45, 2.75) is 16.7 Å². The molecule has 19 heavy (non-hydrogen) atoms. The van der Waals surface area contributed by atoms with Crippen molar-refractivity contribution in [3.05, 3.63) is 59.2 Å². The van der Waals surface area contributed by atoms with Gasteiger partial charge in [0, 0.05) is 15.4 Å². The van der Waals surface area contributed by atoms with Crippen molar-refractivity contribution in [3.8, 4) is 0 Å². The summed E-state index contributed by atoms with van der Waals surface area (Å²) in [5.41, 5.74) is 1.68. The zero-order chi connectivity index (χ0) is 13.8. The smallest absolute Gasteiger partial charge is 0.335 e. The molecule has 1 N–H and O–H groups in total. The van der Waals surface area contributed by atoms with Crippen LogP contribution in [0.15, 0.2) is 52.3 Å². The molecule has 0 radical (unpaired) electrons. The molecule has 0 aromatic heterocycles. The lowest BCUT2D eigenvalue weighted by Gasteiger charge is -2.06. The lowest BCUT2D eigenvalue weighted by atomic mass is 10.1. The van der Waals surface area contributed by atoms with Crippen LogP contribution in [0, 0.1) is 6.92 Å². The van der Waals surface area contributed by atoms with E-state index in [2.05, 4.69) is 0 Å². The van der Waals surface area contributed by atoms with E-state index in [1.165, 1.54) is 29.5 Å². The summed E-state index contributed by atoms with van der Waals surface area (Å²) in [6.07, 6.45) is 0.683. The lowest BCUT2D eigenvalue weighted by Crippen LogP contribution is -1.98. The monoisotopic (exact) mass is 272 g/mol. The van der Waals surface area contributed by atoms with Gasteiger partial charge < -0.3 is 5.11 Å². The Balaban J connectivity index is 2.32. The maximum absolute atomic E-state index is 11.0. The van der Waals surface area contributed by atoms with Gasteiger partial charge in [0.15, 0.2) is 6.29 Å². The number of benzene rings is 2. The second kappa shape index (κ2) is 5.71. The maximum atomic E-state index is 11.0. The van der Waals surface area contributed by atoms with Crippen molar-refractivity contribution in [3.63, 3.8) is 0 Å². The summed E-state index contributed by atoms with van der Waals surface area (Å²) in [7, 11) is 0.